The molecule has 0 N–H and O–H groups in total. The van der Waals surface area contributed by atoms with E-state index in [4.69, 9.17) is 0 Å². The topological polar surface area (TPSA) is 70.6 Å². The molecule has 1 aromatic rings. The lowest BCUT2D eigenvalue weighted by Gasteiger charge is -2.26. The minimum Gasteiger partial charge on any atom is -0.370 e. The predicted octanol–water partition coefficient (Wildman–Crippen LogP) is 1.97. The highest BCUT2D eigenvalue weighted by molar-refractivity contribution is 7.91. The third-order valence-corrected chi connectivity index (χ3v) is 6.15. The molecule has 1 fully saturated rings. The van der Waals surface area contributed by atoms with E-state index < -0.39 is 9.84 Å². The van der Waals surface area contributed by atoms with Gasteiger partial charge in [0.25, 0.3) is 5.91 Å². The van der Waals surface area contributed by atoms with Crippen molar-refractivity contribution in [1.29, 1.82) is 0 Å². The van der Waals surface area contributed by atoms with Gasteiger partial charge >= 0.3 is 0 Å². The zero-order valence-electron chi connectivity index (χ0n) is 14.7. The Bertz CT molecular complexity index is 669. The third kappa shape index (κ3) is 4.47. The standard InChI is InChI=1S/C17H27N3O3S/c1-4-9-20(10-5-2)17(21)16-12-14(6-8-18-16)19(3)15-7-11-24(22,23)13-15/h6,8,12,15H,4-5,7,9-11,13H2,1-3H3. The van der Waals surface area contributed by atoms with Crippen LogP contribution >= 0.6 is 0 Å². The Morgan fingerprint density at radius 2 is 1.96 bits per heavy atom. The number of hydrogen-bond acceptors (Lipinski definition) is 5. The van der Waals surface area contributed by atoms with Crippen molar-refractivity contribution >= 4 is 21.4 Å². The van der Waals surface area contributed by atoms with E-state index in [0.29, 0.717) is 12.1 Å². The van der Waals surface area contributed by atoms with Crippen molar-refractivity contribution in [3.63, 3.8) is 0 Å². The minimum absolute atomic E-state index is 0.0391. The van der Waals surface area contributed by atoms with Crippen molar-refractivity contribution < 1.29 is 13.2 Å². The summed E-state index contributed by atoms with van der Waals surface area (Å²) in [6, 6.07) is 3.56. The molecule has 0 spiro atoms. The average molecular weight is 353 g/mol. The molecule has 0 saturated carbocycles. The third-order valence-electron chi connectivity index (χ3n) is 4.40. The summed E-state index contributed by atoms with van der Waals surface area (Å²) in [6.07, 6.45) is 4.07. The van der Waals surface area contributed by atoms with E-state index in [1.54, 1.807) is 12.3 Å². The number of pyridine rings is 1. The van der Waals surface area contributed by atoms with Gasteiger partial charge in [-0.15, -0.1) is 0 Å². The quantitative estimate of drug-likeness (QED) is 0.749. The molecule has 1 aliphatic heterocycles. The Morgan fingerprint density at radius 3 is 2.50 bits per heavy atom. The number of aromatic nitrogens is 1. The first-order chi connectivity index (χ1) is 11.4. The fraction of sp³-hybridized carbons (Fsp3) is 0.647. The fourth-order valence-corrected chi connectivity index (χ4v) is 4.84. The second-order valence-electron chi connectivity index (χ2n) is 6.36. The molecular weight excluding hydrogens is 326 g/mol. The summed E-state index contributed by atoms with van der Waals surface area (Å²) in [7, 11) is -1.06. The Balaban J connectivity index is 2.17. The van der Waals surface area contributed by atoms with Gasteiger partial charge in [0.1, 0.15) is 5.69 Å². The SMILES string of the molecule is CCCN(CCC)C(=O)c1cc(N(C)C2CCS(=O)(=O)C2)ccn1. The lowest BCUT2D eigenvalue weighted by Crippen LogP contribution is -2.34. The average Bonchev–Trinajstić information content (AvgIpc) is 2.93. The van der Waals surface area contributed by atoms with E-state index in [-0.39, 0.29) is 23.5 Å². The normalized spacial score (nSPS) is 19.2. The van der Waals surface area contributed by atoms with Gasteiger partial charge in [-0.3, -0.25) is 9.78 Å². The van der Waals surface area contributed by atoms with Gasteiger partial charge in [-0.05, 0) is 31.4 Å². The molecule has 1 aliphatic rings. The van der Waals surface area contributed by atoms with Crippen LogP contribution in [0.1, 0.15) is 43.6 Å². The van der Waals surface area contributed by atoms with E-state index in [1.165, 1.54) is 0 Å². The molecule has 6 nitrogen and oxygen atoms in total. The molecule has 0 aromatic carbocycles. The van der Waals surface area contributed by atoms with E-state index in [0.717, 1.165) is 31.6 Å². The molecule has 134 valence electrons. The van der Waals surface area contributed by atoms with Gasteiger partial charge in [-0.1, -0.05) is 13.8 Å². The number of nitrogens with zero attached hydrogens (tertiary/aromatic N) is 3. The number of carbonyl (C=O) groups is 1. The van der Waals surface area contributed by atoms with Crippen molar-refractivity contribution in [2.45, 2.75) is 39.2 Å². The van der Waals surface area contributed by atoms with Crippen molar-refractivity contribution in [1.82, 2.24) is 9.88 Å². The number of amides is 1. The smallest absolute Gasteiger partial charge is 0.272 e. The van der Waals surface area contributed by atoms with Crippen molar-refractivity contribution in [3.8, 4) is 0 Å². The summed E-state index contributed by atoms with van der Waals surface area (Å²) < 4.78 is 23.4. The maximum absolute atomic E-state index is 12.7. The molecule has 1 aromatic heterocycles. The molecular formula is C17H27N3O3S. The van der Waals surface area contributed by atoms with Crippen LogP contribution in [-0.4, -0.2) is 61.9 Å². The summed E-state index contributed by atoms with van der Waals surface area (Å²) in [4.78, 5) is 20.7. The first-order valence-corrected chi connectivity index (χ1v) is 10.4. The van der Waals surface area contributed by atoms with Crippen molar-refractivity contribution in [2.24, 2.45) is 0 Å². The predicted molar refractivity (Wildman–Crippen MR) is 96.2 cm³/mol. The largest absolute Gasteiger partial charge is 0.370 e. The molecule has 0 bridgehead atoms. The summed E-state index contributed by atoms with van der Waals surface area (Å²) in [5.74, 6) is 0.347. The molecule has 7 heteroatoms. The summed E-state index contributed by atoms with van der Waals surface area (Å²) in [6.45, 7) is 5.53. The molecule has 1 atom stereocenters. The van der Waals surface area contributed by atoms with Crippen LogP contribution in [0.5, 0.6) is 0 Å². The highest BCUT2D eigenvalue weighted by atomic mass is 32.2. The first-order valence-electron chi connectivity index (χ1n) is 8.56. The van der Waals surface area contributed by atoms with Crippen LogP contribution in [0.4, 0.5) is 5.69 Å². The van der Waals surface area contributed by atoms with E-state index in [9.17, 15) is 13.2 Å². The van der Waals surface area contributed by atoms with Crippen molar-refractivity contribution in [3.05, 3.63) is 24.0 Å². The molecule has 1 amide bonds. The number of carbonyl (C=O) groups excluding carboxylic acids is 1. The first kappa shape index (κ1) is 18.7. The zero-order chi connectivity index (χ0) is 17.7. The number of rotatable bonds is 7. The molecule has 1 saturated heterocycles. The van der Waals surface area contributed by atoms with Gasteiger partial charge in [0.2, 0.25) is 0 Å². The van der Waals surface area contributed by atoms with Gasteiger partial charge in [0, 0.05) is 38.1 Å². The molecule has 0 aliphatic carbocycles. The second kappa shape index (κ2) is 7.96. The van der Waals surface area contributed by atoms with Gasteiger partial charge < -0.3 is 9.80 Å². The lowest BCUT2D eigenvalue weighted by molar-refractivity contribution is 0.0749. The van der Waals surface area contributed by atoms with Crippen LogP contribution in [-0.2, 0) is 9.84 Å². The van der Waals surface area contributed by atoms with E-state index in [1.807, 2.05) is 36.8 Å². The fourth-order valence-electron chi connectivity index (χ4n) is 3.06. The molecule has 2 heterocycles. The van der Waals surface area contributed by atoms with Crippen LogP contribution in [0, 0.1) is 0 Å². The summed E-state index contributed by atoms with van der Waals surface area (Å²) in [5, 5.41) is 0. The van der Waals surface area contributed by atoms with Crippen LogP contribution in [0.2, 0.25) is 0 Å². The van der Waals surface area contributed by atoms with E-state index >= 15 is 0 Å². The lowest BCUT2D eigenvalue weighted by atomic mass is 10.2. The van der Waals surface area contributed by atoms with Crippen LogP contribution in [0.15, 0.2) is 18.3 Å². The Hall–Kier alpha value is -1.63. The van der Waals surface area contributed by atoms with Gasteiger partial charge in [-0.25, -0.2) is 8.42 Å². The van der Waals surface area contributed by atoms with E-state index in [2.05, 4.69) is 4.98 Å². The number of anilines is 1. The van der Waals surface area contributed by atoms with Crippen LogP contribution in [0.3, 0.4) is 0 Å². The second-order valence-corrected chi connectivity index (χ2v) is 8.59. The Kier molecular flexibility index (Phi) is 6.21. The van der Waals surface area contributed by atoms with Gasteiger partial charge in [0.15, 0.2) is 9.84 Å². The molecule has 1 unspecified atom stereocenters. The zero-order valence-corrected chi connectivity index (χ0v) is 15.6. The highest BCUT2D eigenvalue weighted by Crippen LogP contribution is 2.23. The monoisotopic (exact) mass is 353 g/mol. The maximum Gasteiger partial charge on any atom is 0.272 e. The number of hydrogen-bond donors (Lipinski definition) is 0. The van der Waals surface area contributed by atoms with Gasteiger partial charge in [-0.2, -0.15) is 0 Å². The Morgan fingerprint density at radius 1 is 1.29 bits per heavy atom. The Labute approximate surface area is 144 Å². The minimum atomic E-state index is -2.94. The van der Waals surface area contributed by atoms with Crippen molar-refractivity contribution in [2.75, 3.05) is 36.5 Å². The highest BCUT2D eigenvalue weighted by Gasteiger charge is 2.31. The molecule has 0 radical (unpaired) electrons. The van der Waals surface area contributed by atoms with Gasteiger partial charge in [0.05, 0.1) is 11.5 Å². The maximum atomic E-state index is 12.7. The molecule has 24 heavy (non-hydrogen) atoms. The number of sulfone groups is 1. The molecule has 2 rings (SSSR count). The van der Waals surface area contributed by atoms with Crippen LogP contribution < -0.4 is 4.90 Å². The van der Waals surface area contributed by atoms with Crippen LogP contribution in [0.25, 0.3) is 0 Å². The summed E-state index contributed by atoms with van der Waals surface area (Å²) in [5.41, 5.74) is 1.26. The summed E-state index contributed by atoms with van der Waals surface area (Å²) >= 11 is 0.